The molecule has 4 rings (SSSR count). The summed E-state index contributed by atoms with van der Waals surface area (Å²) in [6.45, 7) is 2.79. The van der Waals surface area contributed by atoms with Crippen LogP contribution in [0.1, 0.15) is 19.3 Å². The van der Waals surface area contributed by atoms with Crippen molar-refractivity contribution in [3.8, 4) is 11.4 Å². The Morgan fingerprint density at radius 2 is 2.00 bits per heavy atom. The van der Waals surface area contributed by atoms with Crippen LogP contribution in [0.25, 0.3) is 22.6 Å². The van der Waals surface area contributed by atoms with Gasteiger partial charge in [0.1, 0.15) is 11.3 Å². The van der Waals surface area contributed by atoms with Gasteiger partial charge >= 0.3 is 0 Å². The van der Waals surface area contributed by atoms with Gasteiger partial charge in [-0.1, -0.05) is 0 Å². The van der Waals surface area contributed by atoms with Crippen LogP contribution in [-0.2, 0) is 4.79 Å². The van der Waals surface area contributed by atoms with Crippen molar-refractivity contribution in [2.24, 2.45) is 0 Å². The lowest BCUT2D eigenvalue weighted by Gasteiger charge is -2.30. The molecule has 0 bridgehead atoms. The minimum Gasteiger partial charge on any atom is -0.385 e. The first-order valence-electron chi connectivity index (χ1n) is 10.6. The van der Waals surface area contributed by atoms with E-state index < -0.39 is 0 Å². The Bertz CT molecular complexity index is 1040. The minimum absolute atomic E-state index is 0.0229. The largest absolute Gasteiger partial charge is 0.385 e. The second-order valence-corrected chi connectivity index (χ2v) is 8.77. The summed E-state index contributed by atoms with van der Waals surface area (Å²) in [7, 11) is 3.81. The van der Waals surface area contributed by atoms with Crippen molar-refractivity contribution in [3.63, 3.8) is 0 Å². The second kappa shape index (κ2) is 9.65. The van der Waals surface area contributed by atoms with Crippen LogP contribution in [0.2, 0.25) is 0 Å². The monoisotopic (exact) mass is 485 g/mol. The highest BCUT2D eigenvalue weighted by Gasteiger charge is 2.20. The van der Waals surface area contributed by atoms with Crippen LogP contribution in [0.5, 0.6) is 0 Å². The highest BCUT2D eigenvalue weighted by atomic mass is 79.9. The third-order valence-electron chi connectivity index (χ3n) is 5.66. The lowest BCUT2D eigenvalue weighted by atomic mass is 10.1. The number of hydrogen-bond donors (Lipinski definition) is 4. The van der Waals surface area contributed by atoms with Crippen molar-refractivity contribution in [3.05, 3.63) is 34.9 Å². The van der Waals surface area contributed by atoms with Gasteiger partial charge in [-0.3, -0.25) is 4.79 Å². The van der Waals surface area contributed by atoms with E-state index >= 15 is 0 Å². The molecule has 0 radical (unpaired) electrons. The summed E-state index contributed by atoms with van der Waals surface area (Å²) in [6, 6.07) is 8.45. The number of nitrogens with zero attached hydrogens (tertiary/aromatic N) is 3. The normalized spacial score (nSPS) is 15.2. The molecule has 0 aliphatic carbocycles. The van der Waals surface area contributed by atoms with Gasteiger partial charge in [0.25, 0.3) is 0 Å². The number of piperidine rings is 1. The number of halogens is 1. The molecule has 1 aliphatic rings. The molecule has 0 atom stereocenters. The molecule has 8 nitrogen and oxygen atoms in total. The maximum Gasteiger partial charge on any atom is 0.221 e. The Hall–Kier alpha value is -2.65. The van der Waals surface area contributed by atoms with E-state index in [0.29, 0.717) is 24.7 Å². The van der Waals surface area contributed by atoms with Crippen LogP contribution in [0.4, 0.5) is 11.4 Å². The predicted octanol–water partition coefficient (Wildman–Crippen LogP) is 3.44. The number of anilines is 2. The second-order valence-electron chi connectivity index (χ2n) is 7.91. The van der Waals surface area contributed by atoms with Gasteiger partial charge < -0.3 is 25.8 Å². The van der Waals surface area contributed by atoms with Crippen LogP contribution in [-0.4, -0.2) is 65.5 Å². The van der Waals surface area contributed by atoms with Gasteiger partial charge in [0, 0.05) is 43.5 Å². The fraction of sp³-hybridized carbons (Fsp3) is 0.409. The van der Waals surface area contributed by atoms with Gasteiger partial charge in [-0.05, 0) is 73.2 Å². The van der Waals surface area contributed by atoms with Crippen LogP contribution in [0.15, 0.2) is 34.9 Å². The summed E-state index contributed by atoms with van der Waals surface area (Å²) in [4.78, 5) is 26.3. The number of aromatic nitrogens is 3. The zero-order valence-electron chi connectivity index (χ0n) is 17.8. The molecule has 3 aromatic rings. The number of benzene rings is 1. The standard InChI is InChI=1S/C22H28BrN7O/c1-24-18(31)7-10-25-15-5-3-14(4-6-15)21-28-20-19(17(23)13-26-22(20)29-21)27-16-8-11-30(2)12-9-16/h3-6,13,16,25H,7-12H2,1-2H3,(H,24,31)(H2,26,27,28,29). The molecule has 0 unspecified atom stereocenters. The van der Waals surface area contributed by atoms with Gasteiger partial charge in [-0.25, -0.2) is 9.97 Å². The maximum atomic E-state index is 11.3. The van der Waals surface area contributed by atoms with E-state index in [0.717, 1.165) is 58.7 Å². The Labute approximate surface area is 190 Å². The first-order chi connectivity index (χ1) is 15.0. The van der Waals surface area contributed by atoms with Crippen molar-refractivity contribution in [1.29, 1.82) is 0 Å². The molecule has 164 valence electrons. The van der Waals surface area contributed by atoms with Gasteiger partial charge in [0.05, 0.1) is 10.2 Å². The topological polar surface area (TPSA) is 98.0 Å². The molecule has 3 heterocycles. The summed E-state index contributed by atoms with van der Waals surface area (Å²) in [6.07, 6.45) is 4.48. The Morgan fingerprint density at radius 1 is 1.26 bits per heavy atom. The van der Waals surface area contributed by atoms with E-state index in [4.69, 9.17) is 4.98 Å². The Balaban J connectivity index is 1.50. The maximum absolute atomic E-state index is 11.3. The van der Waals surface area contributed by atoms with Gasteiger partial charge in [-0.15, -0.1) is 0 Å². The van der Waals surface area contributed by atoms with Crippen LogP contribution >= 0.6 is 15.9 Å². The van der Waals surface area contributed by atoms with Crippen molar-refractivity contribution in [1.82, 2.24) is 25.2 Å². The molecular weight excluding hydrogens is 458 g/mol. The quantitative estimate of drug-likeness (QED) is 0.409. The number of carbonyl (C=O) groups is 1. The average Bonchev–Trinajstić information content (AvgIpc) is 3.22. The van der Waals surface area contributed by atoms with Crippen LogP contribution < -0.4 is 16.0 Å². The number of H-pyrrole nitrogens is 1. The van der Waals surface area contributed by atoms with E-state index in [1.807, 2.05) is 30.5 Å². The molecule has 2 aromatic heterocycles. The summed E-state index contributed by atoms with van der Waals surface area (Å²) >= 11 is 3.65. The molecule has 1 amide bonds. The molecule has 9 heteroatoms. The average molecular weight is 486 g/mol. The SMILES string of the molecule is CNC(=O)CCNc1ccc(-c2nc3ncc(Br)c(NC4CCN(C)CC4)c3[nH]2)cc1. The Morgan fingerprint density at radius 3 is 2.71 bits per heavy atom. The van der Waals surface area contributed by atoms with Crippen LogP contribution in [0.3, 0.4) is 0 Å². The number of rotatable bonds is 7. The molecule has 31 heavy (non-hydrogen) atoms. The van der Waals surface area contributed by atoms with Crippen molar-refractivity contribution < 1.29 is 4.79 Å². The molecule has 1 aromatic carbocycles. The fourth-order valence-electron chi connectivity index (χ4n) is 3.76. The van der Waals surface area contributed by atoms with Gasteiger partial charge in [0.2, 0.25) is 5.91 Å². The third kappa shape index (κ3) is 5.16. The summed E-state index contributed by atoms with van der Waals surface area (Å²) in [5, 5.41) is 9.58. The summed E-state index contributed by atoms with van der Waals surface area (Å²) < 4.78 is 0.935. The van der Waals surface area contributed by atoms with Crippen molar-refractivity contribution in [2.45, 2.75) is 25.3 Å². The number of nitrogens with one attached hydrogen (secondary N) is 4. The van der Waals surface area contributed by atoms with E-state index in [-0.39, 0.29) is 5.91 Å². The predicted molar refractivity (Wildman–Crippen MR) is 128 cm³/mol. The lowest BCUT2D eigenvalue weighted by molar-refractivity contribution is -0.120. The van der Waals surface area contributed by atoms with E-state index in [2.05, 4.69) is 53.8 Å². The molecule has 4 N–H and O–H groups in total. The fourth-order valence-corrected chi connectivity index (χ4v) is 4.17. The summed E-state index contributed by atoms with van der Waals surface area (Å²) in [5.74, 6) is 0.804. The minimum atomic E-state index is 0.0229. The smallest absolute Gasteiger partial charge is 0.221 e. The van der Waals surface area contributed by atoms with Crippen LogP contribution in [0, 0.1) is 0 Å². The zero-order valence-corrected chi connectivity index (χ0v) is 19.4. The number of amides is 1. The molecule has 1 fully saturated rings. The van der Waals surface area contributed by atoms with Crippen molar-refractivity contribution >= 4 is 44.4 Å². The highest BCUT2D eigenvalue weighted by molar-refractivity contribution is 9.10. The number of fused-ring (bicyclic) bond motifs is 1. The Kier molecular flexibility index (Phi) is 6.72. The first-order valence-corrected chi connectivity index (χ1v) is 11.4. The zero-order chi connectivity index (χ0) is 21.8. The number of carbonyl (C=O) groups excluding carboxylic acids is 1. The summed E-state index contributed by atoms with van der Waals surface area (Å²) in [5.41, 5.74) is 4.58. The molecular formula is C22H28BrN7O. The van der Waals surface area contributed by atoms with E-state index in [1.165, 1.54) is 0 Å². The van der Waals surface area contributed by atoms with Gasteiger partial charge in [-0.2, -0.15) is 0 Å². The molecule has 0 saturated carbocycles. The third-order valence-corrected chi connectivity index (χ3v) is 6.26. The van der Waals surface area contributed by atoms with Gasteiger partial charge in [0.15, 0.2) is 5.65 Å². The van der Waals surface area contributed by atoms with E-state index in [1.54, 1.807) is 7.05 Å². The first kappa shape index (κ1) is 21.6. The highest BCUT2D eigenvalue weighted by Crippen LogP contribution is 2.32. The molecule has 0 spiro atoms. The number of likely N-dealkylation sites (tertiary alicyclic amines) is 1. The van der Waals surface area contributed by atoms with E-state index in [9.17, 15) is 4.79 Å². The lowest BCUT2D eigenvalue weighted by Crippen LogP contribution is -2.36. The number of aromatic amines is 1. The molecule has 1 saturated heterocycles. The molecule has 1 aliphatic heterocycles. The number of pyridine rings is 1. The number of imidazole rings is 1. The van der Waals surface area contributed by atoms with Crippen molar-refractivity contribution in [2.75, 3.05) is 44.4 Å². The number of hydrogen-bond acceptors (Lipinski definition) is 6.